The number of hydrogen-bond acceptors (Lipinski definition) is 8. The molecule has 2 aliphatic rings. The number of anilines is 1. The summed E-state index contributed by atoms with van der Waals surface area (Å²) in [6.07, 6.45) is 4.59. The lowest BCUT2D eigenvalue weighted by Crippen LogP contribution is -2.47. The summed E-state index contributed by atoms with van der Waals surface area (Å²) in [5.74, 6) is 0.747. The van der Waals surface area contributed by atoms with Crippen molar-refractivity contribution in [2.75, 3.05) is 24.5 Å². The average molecular weight is 444 g/mol. The summed E-state index contributed by atoms with van der Waals surface area (Å²) in [6, 6.07) is 4.95. The summed E-state index contributed by atoms with van der Waals surface area (Å²) in [5, 5.41) is 0.841. The lowest BCUT2D eigenvalue weighted by molar-refractivity contribution is -0.135. The van der Waals surface area contributed by atoms with Gasteiger partial charge in [0.25, 0.3) is 5.91 Å². The molecule has 1 aromatic carbocycles. The molecule has 1 amide bonds. The van der Waals surface area contributed by atoms with E-state index < -0.39 is 11.9 Å². The number of hydrogen-bond donors (Lipinski definition) is 0. The molecule has 0 N–H and O–H groups in total. The van der Waals surface area contributed by atoms with Gasteiger partial charge in [0.15, 0.2) is 29.8 Å². The Morgan fingerprint density at radius 1 is 1.23 bits per heavy atom. The molecule has 2 saturated heterocycles. The van der Waals surface area contributed by atoms with Crippen LogP contribution in [0.3, 0.4) is 0 Å². The molecule has 3 aromatic rings. The van der Waals surface area contributed by atoms with Crippen LogP contribution in [-0.4, -0.2) is 56.9 Å². The van der Waals surface area contributed by atoms with Gasteiger partial charge in [-0.1, -0.05) is 6.07 Å². The fraction of sp³-hybridized carbons (Fsp3) is 0.429. The van der Waals surface area contributed by atoms with Crippen molar-refractivity contribution < 1.29 is 18.3 Å². The maximum Gasteiger partial charge on any atom is 0.263 e. The van der Waals surface area contributed by atoms with Gasteiger partial charge in [-0.3, -0.25) is 4.79 Å². The first-order valence-electron chi connectivity index (χ1n) is 10.3. The van der Waals surface area contributed by atoms with Crippen molar-refractivity contribution in [3.8, 4) is 17.3 Å². The number of oxazole rings is 1. The molecular formula is C21H22FN5O3S. The van der Waals surface area contributed by atoms with E-state index in [1.165, 1.54) is 24.0 Å². The summed E-state index contributed by atoms with van der Waals surface area (Å²) in [7, 11) is 0. The SMILES string of the molecule is Cc1ccc(O[C@H]2CCN(C3CCN(c4nc(-c5cnco5)ns4)CC3)C2=O)c(F)c1. The number of piperidine rings is 1. The lowest BCUT2D eigenvalue weighted by Gasteiger charge is -2.36. The van der Waals surface area contributed by atoms with E-state index in [1.807, 2.05) is 11.8 Å². The van der Waals surface area contributed by atoms with Crippen LogP contribution in [-0.2, 0) is 4.79 Å². The molecule has 0 saturated carbocycles. The van der Waals surface area contributed by atoms with E-state index in [0.29, 0.717) is 24.6 Å². The number of ether oxygens (including phenoxy) is 1. The fourth-order valence-corrected chi connectivity index (χ4v) is 4.86. The number of halogens is 1. The first-order chi connectivity index (χ1) is 15.1. The molecule has 0 spiro atoms. The largest absolute Gasteiger partial charge is 0.477 e. The molecule has 2 aromatic heterocycles. The van der Waals surface area contributed by atoms with Crippen molar-refractivity contribution in [2.45, 2.75) is 38.3 Å². The predicted molar refractivity (Wildman–Crippen MR) is 113 cm³/mol. The average Bonchev–Trinajstić information content (AvgIpc) is 3.52. The van der Waals surface area contributed by atoms with Crippen LogP contribution in [0.2, 0.25) is 0 Å². The Morgan fingerprint density at radius 3 is 2.81 bits per heavy atom. The van der Waals surface area contributed by atoms with Crippen LogP contribution in [0.5, 0.6) is 5.75 Å². The van der Waals surface area contributed by atoms with E-state index in [2.05, 4.69) is 19.2 Å². The molecule has 2 aliphatic heterocycles. The first kappa shape index (κ1) is 19.9. The van der Waals surface area contributed by atoms with Gasteiger partial charge >= 0.3 is 0 Å². The Bertz CT molecular complexity index is 1060. The van der Waals surface area contributed by atoms with Gasteiger partial charge in [0.2, 0.25) is 11.0 Å². The molecule has 5 rings (SSSR count). The summed E-state index contributed by atoms with van der Waals surface area (Å²) < 4.78 is 29.4. The maximum atomic E-state index is 14.1. The van der Waals surface area contributed by atoms with Crippen molar-refractivity contribution in [1.82, 2.24) is 19.2 Å². The zero-order valence-electron chi connectivity index (χ0n) is 17.0. The number of aryl methyl sites for hydroxylation is 1. The third-order valence-electron chi connectivity index (χ3n) is 5.79. The molecule has 8 nitrogen and oxygen atoms in total. The van der Waals surface area contributed by atoms with Crippen LogP contribution in [0, 0.1) is 12.7 Å². The second-order valence-electron chi connectivity index (χ2n) is 7.85. The summed E-state index contributed by atoms with van der Waals surface area (Å²) in [4.78, 5) is 25.4. The van der Waals surface area contributed by atoms with Gasteiger partial charge in [0, 0.05) is 43.6 Å². The van der Waals surface area contributed by atoms with Crippen LogP contribution in [0.15, 0.2) is 35.2 Å². The summed E-state index contributed by atoms with van der Waals surface area (Å²) >= 11 is 1.33. The van der Waals surface area contributed by atoms with Crippen LogP contribution in [0.4, 0.5) is 9.52 Å². The quantitative estimate of drug-likeness (QED) is 0.598. The van der Waals surface area contributed by atoms with E-state index in [4.69, 9.17) is 9.15 Å². The summed E-state index contributed by atoms with van der Waals surface area (Å²) in [6.45, 7) is 4.03. The highest BCUT2D eigenvalue weighted by atomic mass is 32.1. The van der Waals surface area contributed by atoms with E-state index in [9.17, 15) is 9.18 Å². The Kier molecular flexibility index (Phi) is 5.31. The molecule has 0 bridgehead atoms. The molecule has 0 aliphatic carbocycles. The Balaban J connectivity index is 1.18. The topological polar surface area (TPSA) is 84.6 Å². The third kappa shape index (κ3) is 3.99. The highest BCUT2D eigenvalue weighted by Gasteiger charge is 2.39. The number of aromatic nitrogens is 3. The minimum atomic E-state index is -0.622. The Morgan fingerprint density at radius 2 is 2.06 bits per heavy atom. The van der Waals surface area contributed by atoms with Gasteiger partial charge in [0.1, 0.15) is 0 Å². The molecule has 4 heterocycles. The lowest BCUT2D eigenvalue weighted by atomic mass is 10.0. The predicted octanol–water partition coefficient (Wildman–Crippen LogP) is 3.29. The van der Waals surface area contributed by atoms with Crippen LogP contribution in [0.1, 0.15) is 24.8 Å². The highest BCUT2D eigenvalue weighted by Crippen LogP contribution is 2.30. The number of benzene rings is 1. The minimum Gasteiger partial charge on any atom is -0.477 e. The molecule has 2 fully saturated rings. The standard InChI is InChI=1S/C21H22FN5O3S/c1-13-2-3-16(15(22)10-13)30-17-6-9-27(20(17)28)14-4-7-26(8-5-14)21-24-19(25-31-21)18-11-23-12-29-18/h2-3,10-12,14,17H,4-9H2,1H3/t17-/m0/s1. The number of nitrogens with zero attached hydrogens (tertiary/aromatic N) is 5. The third-order valence-corrected chi connectivity index (χ3v) is 6.57. The van der Waals surface area contributed by atoms with Gasteiger partial charge in [0.05, 0.1) is 6.20 Å². The molecule has 31 heavy (non-hydrogen) atoms. The second-order valence-corrected chi connectivity index (χ2v) is 8.58. The van der Waals surface area contributed by atoms with Gasteiger partial charge < -0.3 is 19.0 Å². The van der Waals surface area contributed by atoms with Crippen molar-refractivity contribution >= 4 is 22.6 Å². The normalized spacial score (nSPS) is 19.9. The number of rotatable bonds is 5. The van der Waals surface area contributed by atoms with Crippen LogP contribution >= 0.6 is 11.5 Å². The zero-order valence-corrected chi connectivity index (χ0v) is 17.8. The van der Waals surface area contributed by atoms with Gasteiger partial charge in [-0.15, -0.1) is 0 Å². The van der Waals surface area contributed by atoms with E-state index in [-0.39, 0.29) is 17.7 Å². The number of carbonyl (C=O) groups excluding carboxylic acids is 1. The zero-order chi connectivity index (χ0) is 21.4. The fourth-order valence-electron chi connectivity index (χ4n) is 4.14. The van der Waals surface area contributed by atoms with Gasteiger partial charge in [-0.05, 0) is 37.5 Å². The van der Waals surface area contributed by atoms with Crippen molar-refractivity contribution in [1.29, 1.82) is 0 Å². The van der Waals surface area contributed by atoms with Crippen molar-refractivity contribution in [2.24, 2.45) is 0 Å². The molecule has 1 atom stereocenters. The monoisotopic (exact) mass is 443 g/mol. The maximum absolute atomic E-state index is 14.1. The van der Waals surface area contributed by atoms with Crippen LogP contribution < -0.4 is 9.64 Å². The Labute approximate surface area is 182 Å². The molecule has 162 valence electrons. The van der Waals surface area contributed by atoms with Gasteiger partial charge in [-0.2, -0.15) is 9.36 Å². The smallest absolute Gasteiger partial charge is 0.263 e. The van der Waals surface area contributed by atoms with Gasteiger partial charge in [-0.25, -0.2) is 9.37 Å². The van der Waals surface area contributed by atoms with E-state index in [0.717, 1.165) is 36.6 Å². The Hall–Kier alpha value is -3.01. The molecule has 10 heteroatoms. The van der Waals surface area contributed by atoms with E-state index >= 15 is 0 Å². The number of likely N-dealkylation sites (tertiary alicyclic amines) is 1. The molecular weight excluding hydrogens is 421 g/mol. The second kappa shape index (κ2) is 8.26. The number of carbonyl (C=O) groups is 1. The van der Waals surface area contributed by atoms with Crippen molar-refractivity contribution in [3.63, 3.8) is 0 Å². The molecule has 0 radical (unpaired) electrons. The minimum absolute atomic E-state index is 0.0538. The highest BCUT2D eigenvalue weighted by molar-refractivity contribution is 7.09. The van der Waals surface area contributed by atoms with Crippen LogP contribution in [0.25, 0.3) is 11.6 Å². The first-order valence-corrected chi connectivity index (χ1v) is 11.1. The van der Waals surface area contributed by atoms with E-state index in [1.54, 1.807) is 18.3 Å². The van der Waals surface area contributed by atoms with Crippen molar-refractivity contribution in [3.05, 3.63) is 42.2 Å². The molecule has 0 unspecified atom stereocenters. The number of amides is 1. The summed E-state index contributed by atoms with van der Waals surface area (Å²) in [5.41, 5.74) is 0.819.